The van der Waals surface area contributed by atoms with Gasteiger partial charge in [0.25, 0.3) is 0 Å². The van der Waals surface area contributed by atoms with Crippen LogP contribution in [0.1, 0.15) is 12.8 Å². The van der Waals surface area contributed by atoms with E-state index in [1.807, 2.05) is 24.3 Å². The summed E-state index contributed by atoms with van der Waals surface area (Å²) in [5.74, 6) is 1.13. The van der Waals surface area contributed by atoms with Gasteiger partial charge in [0.1, 0.15) is 5.82 Å². The van der Waals surface area contributed by atoms with E-state index in [-0.39, 0.29) is 18.6 Å². The second kappa shape index (κ2) is 4.42. The molecule has 1 atom stereocenters. The number of rotatable bonds is 2. The molecule has 5 heteroatoms. The number of fused-ring (bicyclic) bond motifs is 1. The minimum Gasteiger partial charge on any atom is -0.394 e. The Balaban J connectivity index is 2.15. The maximum Gasteiger partial charge on any atom is 0.222 e. The van der Waals surface area contributed by atoms with Gasteiger partial charge in [0.05, 0.1) is 18.2 Å². The predicted octanol–water partition coefficient (Wildman–Crippen LogP) is 1.17. The molecule has 1 aromatic carbocycles. The fourth-order valence-electron chi connectivity index (χ4n) is 2.60. The van der Waals surface area contributed by atoms with E-state index in [2.05, 4.69) is 14.9 Å². The molecule has 0 saturated carbocycles. The number of aliphatic hydroxyl groups is 1. The highest BCUT2D eigenvalue weighted by atomic mass is 16.3. The first-order chi connectivity index (χ1) is 8.79. The molecular formula is C13H16N4O. The minimum absolute atomic E-state index is 0.141. The molecule has 1 aliphatic heterocycles. The zero-order valence-electron chi connectivity index (χ0n) is 10.1. The number of hydrogen-bond acceptors (Lipinski definition) is 5. The van der Waals surface area contributed by atoms with Gasteiger partial charge in [-0.05, 0) is 25.0 Å². The van der Waals surface area contributed by atoms with Gasteiger partial charge < -0.3 is 15.7 Å². The Morgan fingerprint density at radius 1 is 1.33 bits per heavy atom. The molecule has 1 unspecified atom stereocenters. The Hall–Kier alpha value is -1.88. The van der Waals surface area contributed by atoms with Crippen LogP contribution in [0.2, 0.25) is 0 Å². The van der Waals surface area contributed by atoms with E-state index in [0.717, 1.165) is 36.1 Å². The molecule has 18 heavy (non-hydrogen) atoms. The average molecular weight is 244 g/mol. The van der Waals surface area contributed by atoms with Crippen LogP contribution in [0.15, 0.2) is 24.3 Å². The van der Waals surface area contributed by atoms with Crippen LogP contribution < -0.4 is 10.6 Å². The molecule has 2 aromatic rings. The Kier molecular flexibility index (Phi) is 2.76. The molecule has 2 heterocycles. The molecule has 0 radical (unpaired) electrons. The summed E-state index contributed by atoms with van der Waals surface area (Å²) < 4.78 is 0. The van der Waals surface area contributed by atoms with E-state index in [9.17, 15) is 5.11 Å². The largest absolute Gasteiger partial charge is 0.394 e. The van der Waals surface area contributed by atoms with Crippen molar-refractivity contribution in [2.75, 3.05) is 23.8 Å². The molecule has 1 fully saturated rings. The van der Waals surface area contributed by atoms with Gasteiger partial charge in [-0.25, -0.2) is 4.98 Å². The number of aromatic nitrogens is 2. The van der Waals surface area contributed by atoms with Crippen molar-refractivity contribution in [1.29, 1.82) is 0 Å². The van der Waals surface area contributed by atoms with Crippen molar-refractivity contribution in [3.8, 4) is 0 Å². The summed E-state index contributed by atoms with van der Waals surface area (Å²) >= 11 is 0. The molecule has 0 bridgehead atoms. The van der Waals surface area contributed by atoms with Crippen LogP contribution >= 0.6 is 0 Å². The maximum absolute atomic E-state index is 9.42. The monoisotopic (exact) mass is 244 g/mol. The summed E-state index contributed by atoms with van der Waals surface area (Å²) in [5.41, 5.74) is 6.62. The lowest BCUT2D eigenvalue weighted by Gasteiger charge is -2.25. The van der Waals surface area contributed by atoms with Crippen LogP contribution in [-0.2, 0) is 0 Å². The van der Waals surface area contributed by atoms with Gasteiger partial charge in [0.15, 0.2) is 0 Å². The van der Waals surface area contributed by atoms with E-state index in [1.54, 1.807) is 0 Å². The van der Waals surface area contributed by atoms with Gasteiger partial charge in [-0.1, -0.05) is 12.1 Å². The van der Waals surface area contributed by atoms with Gasteiger partial charge in [-0.3, -0.25) is 0 Å². The third kappa shape index (κ3) is 1.76. The van der Waals surface area contributed by atoms with E-state index in [1.165, 1.54) is 0 Å². The van der Waals surface area contributed by atoms with Crippen LogP contribution in [0.5, 0.6) is 0 Å². The maximum atomic E-state index is 9.42. The van der Waals surface area contributed by atoms with Crippen molar-refractivity contribution in [2.45, 2.75) is 18.9 Å². The predicted molar refractivity (Wildman–Crippen MR) is 71.4 cm³/mol. The van der Waals surface area contributed by atoms with E-state index < -0.39 is 0 Å². The van der Waals surface area contributed by atoms with E-state index in [4.69, 9.17) is 5.73 Å². The van der Waals surface area contributed by atoms with Crippen LogP contribution in [0, 0.1) is 0 Å². The fourth-order valence-corrected chi connectivity index (χ4v) is 2.60. The molecule has 1 aliphatic rings. The van der Waals surface area contributed by atoms with Gasteiger partial charge in [-0.15, -0.1) is 0 Å². The van der Waals surface area contributed by atoms with Crippen molar-refractivity contribution in [1.82, 2.24) is 9.97 Å². The molecule has 0 aliphatic carbocycles. The summed E-state index contributed by atoms with van der Waals surface area (Å²) in [6.07, 6.45) is 2.07. The Bertz CT molecular complexity index is 572. The highest BCUT2D eigenvalue weighted by Crippen LogP contribution is 2.30. The lowest BCUT2D eigenvalue weighted by atomic mass is 10.2. The van der Waals surface area contributed by atoms with Gasteiger partial charge in [-0.2, -0.15) is 4.98 Å². The van der Waals surface area contributed by atoms with Crippen molar-refractivity contribution in [2.24, 2.45) is 0 Å². The minimum atomic E-state index is 0.141. The number of nitrogens with zero attached hydrogens (tertiary/aromatic N) is 3. The first kappa shape index (κ1) is 11.2. The zero-order valence-corrected chi connectivity index (χ0v) is 10.1. The molecule has 3 N–H and O–H groups in total. The zero-order chi connectivity index (χ0) is 12.5. The molecule has 0 amide bonds. The molecule has 1 saturated heterocycles. The Labute approximate surface area is 105 Å². The quantitative estimate of drug-likeness (QED) is 0.829. The van der Waals surface area contributed by atoms with E-state index in [0.29, 0.717) is 0 Å². The SMILES string of the molecule is Nc1nc(N2CCCC2CO)c2ccccc2n1. The van der Waals surface area contributed by atoms with Gasteiger partial charge in [0, 0.05) is 11.9 Å². The summed E-state index contributed by atoms with van der Waals surface area (Å²) in [6.45, 7) is 1.06. The van der Waals surface area contributed by atoms with Crippen molar-refractivity contribution >= 4 is 22.7 Å². The van der Waals surface area contributed by atoms with Crippen molar-refractivity contribution in [3.63, 3.8) is 0 Å². The summed E-state index contributed by atoms with van der Waals surface area (Å²) in [5, 5.41) is 10.4. The summed E-state index contributed by atoms with van der Waals surface area (Å²) in [7, 11) is 0. The normalized spacial score (nSPS) is 19.6. The first-order valence-electron chi connectivity index (χ1n) is 6.19. The Morgan fingerprint density at radius 2 is 2.17 bits per heavy atom. The number of nitrogen functional groups attached to an aromatic ring is 1. The lowest BCUT2D eigenvalue weighted by Crippen LogP contribution is -2.33. The number of aliphatic hydroxyl groups excluding tert-OH is 1. The van der Waals surface area contributed by atoms with Crippen molar-refractivity contribution < 1.29 is 5.11 Å². The second-order valence-electron chi connectivity index (χ2n) is 4.59. The molecule has 0 spiro atoms. The van der Waals surface area contributed by atoms with E-state index >= 15 is 0 Å². The Morgan fingerprint density at radius 3 is 3.00 bits per heavy atom. The van der Waals surface area contributed by atoms with Crippen LogP contribution in [0.4, 0.5) is 11.8 Å². The van der Waals surface area contributed by atoms with Gasteiger partial charge >= 0.3 is 0 Å². The summed E-state index contributed by atoms with van der Waals surface area (Å²) in [6, 6.07) is 7.97. The molecular weight excluding hydrogens is 228 g/mol. The smallest absolute Gasteiger partial charge is 0.222 e. The number of para-hydroxylation sites is 1. The highest BCUT2D eigenvalue weighted by Gasteiger charge is 2.26. The lowest BCUT2D eigenvalue weighted by molar-refractivity contribution is 0.266. The number of anilines is 2. The number of benzene rings is 1. The van der Waals surface area contributed by atoms with Crippen molar-refractivity contribution in [3.05, 3.63) is 24.3 Å². The molecule has 3 rings (SSSR count). The topological polar surface area (TPSA) is 75.3 Å². The molecule has 94 valence electrons. The fraction of sp³-hybridized carbons (Fsp3) is 0.385. The van der Waals surface area contributed by atoms with Gasteiger partial charge in [0.2, 0.25) is 5.95 Å². The third-order valence-electron chi connectivity index (χ3n) is 3.46. The number of nitrogens with two attached hydrogens (primary N) is 1. The second-order valence-corrected chi connectivity index (χ2v) is 4.59. The number of hydrogen-bond donors (Lipinski definition) is 2. The van der Waals surface area contributed by atoms with Crippen LogP contribution in [0.25, 0.3) is 10.9 Å². The third-order valence-corrected chi connectivity index (χ3v) is 3.46. The standard InChI is InChI=1S/C13H16N4O/c14-13-15-11-6-2-1-5-10(11)12(16-13)17-7-3-4-9(17)8-18/h1-2,5-6,9,18H,3-4,7-8H2,(H2,14,15,16). The average Bonchev–Trinajstić information content (AvgIpc) is 2.85. The molecule has 5 nitrogen and oxygen atoms in total. The first-order valence-corrected chi connectivity index (χ1v) is 6.19. The highest BCUT2D eigenvalue weighted by molar-refractivity contribution is 5.90. The molecule has 1 aromatic heterocycles. The van der Waals surface area contributed by atoms with Crippen LogP contribution in [0.3, 0.4) is 0 Å². The summed E-state index contributed by atoms with van der Waals surface area (Å²) in [4.78, 5) is 10.7. The van der Waals surface area contributed by atoms with Crippen LogP contribution in [-0.4, -0.2) is 34.3 Å².